The Bertz CT molecular complexity index is 657. The molecule has 8 atom stereocenters. The minimum absolute atomic E-state index is 0.111. The van der Waals surface area contributed by atoms with Gasteiger partial charge in [-0.05, 0) is 74.5 Å². The van der Waals surface area contributed by atoms with Crippen molar-refractivity contribution in [3.8, 4) is 0 Å². The lowest BCUT2D eigenvalue weighted by molar-refractivity contribution is -0.186. The van der Waals surface area contributed by atoms with Gasteiger partial charge in [-0.15, -0.1) is 0 Å². The summed E-state index contributed by atoms with van der Waals surface area (Å²) in [6.45, 7) is 4.92. The van der Waals surface area contributed by atoms with Crippen LogP contribution in [0.4, 0.5) is 0 Å². The van der Waals surface area contributed by atoms with E-state index in [0.717, 1.165) is 25.2 Å². The Morgan fingerprint density at radius 3 is 2.41 bits per heavy atom. The first-order chi connectivity index (χ1) is 13.9. The molecule has 2 bridgehead atoms. The van der Waals surface area contributed by atoms with Crippen LogP contribution in [0.3, 0.4) is 0 Å². The first kappa shape index (κ1) is 20.5. The zero-order valence-corrected chi connectivity index (χ0v) is 18.9. The smallest absolute Gasteiger partial charge is 0.146 e. The van der Waals surface area contributed by atoms with E-state index < -0.39 is 0 Å². The number of hydrogen-bond acceptors (Lipinski definition) is 4. The van der Waals surface area contributed by atoms with Crippen molar-refractivity contribution in [3.63, 3.8) is 0 Å². The van der Waals surface area contributed by atoms with E-state index in [1.165, 1.54) is 44.9 Å². The molecule has 0 aromatic rings. The highest BCUT2D eigenvalue weighted by Gasteiger charge is 2.76. The van der Waals surface area contributed by atoms with Gasteiger partial charge in [-0.1, -0.05) is 26.7 Å². The van der Waals surface area contributed by atoms with Crippen LogP contribution in [0.15, 0.2) is 0 Å². The SMILES string of the molecule is COCO[C@@H]1C[C@@](C)(C2CCCC2)C(=O)[C@H](C)C23CC[C@H]4C[C@]41C2[C@H](OC)CC3. The lowest BCUT2D eigenvalue weighted by Crippen LogP contribution is -2.58. The van der Waals surface area contributed by atoms with Crippen LogP contribution in [0.1, 0.15) is 78.1 Å². The quantitative estimate of drug-likeness (QED) is 0.606. The van der Waals surface area contributed by atoms with Gasteiger partial charge in [-0.25, -0.2) is 0 Å². The normalized spacial score (nSPS) is 52.0. The highest BCUT2D eigenvalue weighted by molar-refractivity contribution is 5.88. The summed E-state index contributed by atoms with van der Waals surface area (Å²) in [6.07, 6.45) is 12.2. The summed E-state index contributed by atoms with van der Waals surface area (Å²) < 4.78 is 18.0. The van der Waals surface area contributed by atoms with E-state index in [9.17, 15) is 4.79 Å². The third-order valence-electron chi connectivity index (χ3n) is 10.6. The molecule has 0 radical (unpaired) electrons. The standard InChI is InChI=1S/C25H40O4/c1-16-22(26)23(2,17-7-5-6-8-17)14-20(29-15-27-3)25-13-18(25)9-11-24(16)12-10-19(28-4)21(24)25/h16-21H,5-15H2,1-4H3/t16-,18-,19+,20+,21?,23-,24?,25-/m0/s1. The monoisotopic (exact) mass is 404 g/mol. The topological polar surface area (TPSA) is 44.8 Å². The van der Waals surface area contributed by atoms with Gasteiger partial charge in [-0.3, -0.25) is 4.79 Å². The number of rotatable bonds is 5. The molecule has 0 aromatic heterocycles. The van der Waals surface area contributed by atoms with Crippen LogP contribution >= 0.6 is 0 Å². The largest absolute Gasteiger partial charge is 0.381 e. The van der Waals surface area contributed by atoms with Crippen molar-refractivity contribution in [3.05, 3.63) is 0 Å². The minimum Gasteiger partial charge on any atom is -0.381 e. The molecule has 0 heterocycles. The molecule has 4 heteroatoms. The summed E-state index contributed by atoms with van der Waals surface area (Å²) >= 11 is 0. The average molecular weight is 405 g/mol. The molecule has 2 unspecified atom stereocenters. The highest BCUT2D eigenvalue weighted by atomic mass is 16.7. The van der Waals surface area contributed by atoms with Gasteiger partial charge in [0.05, 0.1) is 12.2 Å². The fourth-order valence-electron chi connectivity index (χ4n) is 9.11. The lowest BCUT2D eigenvalue weighted by atomic mass is 9.49. The number of hydrogen-bond donors (Lipinski definition) is 0. The molecule has 4 nitrogen and oxygen atoms in total. The Morgan fingerprint density at radius 1 is 1.00 bits per heavy atom. The molecule has 5 aliphatic carbocycles. The lowest BCUT2D eigenvalue weighted by Gasteiger charge is -2.56. The maximum absolute atomic E-state index is 14.2. The van der Waals surface area contributed by atoms with Crippen LogP contribution < -0.4 is 0 Å². The van der Waals surface area contributed by atoms with Gasteiger partial charge in [0.15, 0.2) is 0 Å². The van der Waals surface area contributed by atoms with Gasteiger partial charge in [-0.2, -0.15) is 0 Å². The Hall–Kier alpha value is -0.450. The number of methoxy groups -OCH3 is 2. The Balaban J connectivity index is 1.62. The molecule has 164 valence electrons. The van der Waals surface area contributed by atoms with Gasteiger partial charge in [0, 0.05) is 31.0 Å². The molecule has 29 heavy (non-hydrogen) atoms. The van der Waals surface area contributed by atoms with Gasteiger partial charge in [0.1, 0.15) is 12.6 Å². The summed E-state index contributed by atoms with van der Waals surface area (Å²) in [5, 5.41) is 0. The van der Waals surface area contributed by atoms with E-state index in [2.05, 4.69) is 13.8 Å². The first-order valence-electron chi connectivity index (χ1n) is 12.1. The number of carbonyl (C=O) groups excluding carboxylic acids is 1. The molecule has 0 amide bonds. The summed E-state index contributed by atoms with van der Waals surface area (Å²) in [5.74, 6) is 2.40. The summed E-state index contributed by atoms with van der Waals surface area (Å²) in [5.41, 5.74) is 0.0530. The Labute approximate surface area is 176 Å². The van der Waals surface area contributed by atoms with E-state index in [4.69, 9.17) is 14.2 Å². The Kier molecular flexibility index (Phi) is 4.96. The minimum atomic E-state index is -0.255. The van der Waals surface area contributed by atoms with E-state index in [1.54, 1.807) is 7.11 Å². The van der Waals surface area contributed by atoms with Gasteiger partial charge >= 0.3 is 0 Å². The molecule has 0 aliphatic heterocycles. The maximum atomic E-state index is 14.2. The molecular weight excluding hydrogens is 364 g/mol. The second kappa shape index (κ2) is 7.03. The third kappa shape index (κ3) is 2.64. The summed E-state index contributed by atoms with van der Waals surface area (Å²) in [4.78, 5) is 14.2. The van der Waals surface area contributed by atoms with Crippen molar-refractivity contribution in [2.45, 2.75) is 90.3 Å². The van der Waals surface area contributed by atoms with Crippen LogP contribution in [0, 0.1) is 39.9 Å². The van der Waals surface area contributed by atoms with Crippen molar-refractivity contribution in [1.82, 2.24) is 0 Å². The van der Waals surface area contributed by atoms with Crippen molar-refractivity contribution >= 4 is 5.78 Å². The van der Waals surface area contributed by atoms with E-state index >= 15 is 0 Å². The van der Waals surface area contributed by atoms with Crippen molar-refractivity contribution in [1.29, 1.82) is 0 Å². The average Bonchev–Trinajstić information content (AvgIpc) is 3.09. The van der Waals surface area contributed by atoms with Crippen LogP contribution in [0.5, 0.6) is 0 Å². The van der Waals surface area contributed by atoms with Gasteiger partial charge in [0.2, 0.25) is 0 Å². The van der Waals surface area contributed by atoms with Gasteiger partial charge < -0.3 is 14.2 Å². The fourth-order valence-corrected chi connectivity index (χ4v) is 9.11. The number of ether oxygens (including phenoxy) is 3. The molecule has 5 saturated carbocycles. The maximum Gasteiger partial charge on any atom is 0.146 e. The van der Waals surface area contributed by atoms with Crippen molar-refractivity contribution < 1.29 is 19.0 Å². The molecule has 0 N–H and O–H groups in total. The predicted molar refractivity (Wildman–Crippen MR) is 111 cm³/mol. The first-order valence-corrected chi connectivity index (χ1v) is 12.1. The van der Waals surface area contributed by atoms with Crippen molar-refractivity contribution in [2.75, 3.05) is 21.0 Å². The van der Waals surface area contributed by atoms with Crippen LogP contribution in [-0.4, -0.2) is 39.0 Å². The van der Waals surface area contributed by atoms with Crippen LogP contribution in [0.2, 0.25) is 0 Å². The molecule has 0 saturated heterocycles. The van der Waals surface area contributed by atoms with E-state index in [1.807, 2.05) is 7.11 Å². The Morgan fingerprint density at radius 2 is 1.72 bits per heavy atom. The zero-order valence-electron chi connectivity index (χ0n) is 18.9. The summed E-state index contributed by atoms with van der Waals surface area (Å²) in [6, 6.07) is 0. The number of ketones is 1. The van der Waals surface area contributed by atoms with Crippen LogP contribution in [-0.2, 0) is 19.0 Å². The fraction of sp³-hybridized carbons (Fsp3) is 0.960. The molecule has 0 aromatic carbocycles. The molecule has 5 fully saturated rings. The molecular formula is C25H40O4. The molecule has 5 rings (SSSR count). The second-order valence-corrected chi connectivity index (χ2v) is 11.3. The zero-order chi connectivity index (χ0) is 20.4. The highest BCUT2D eigenvalue weighted by Crippen LogP contribution is 2.78. The number of Topliss-reactive ketones (excluding diaryl/α,β-unsaturated/α-hetero) is 1. The van der Waals surface area contributed by atoms with Crippen molar-refractivity contribution in [2.24, 2.45) is 39.9 Å². The number of carbonyl (C=O) groups is 1. The van der Waals surface area contributed by atoms with Crippen LogP contribution in [0.25, 0.3) is 0 Å². The third-order valence-corrected chi connectivity index (χ3v) is 10.6. The summed E-state index contributed by atoms with van der Waals surface area (Å²) in [7, 11) is 3.60. The second-order valence-electron chi connectivity index (χ2n) is 11.3. The predicted octanol–water partition coefficient (Wildman–Crippen LogP) is 4.99. The van der Waals surface area contributed by atoms with E-state index in [0.29, 0.717) is 24.4 Å². The van der Waals surface area contributed by atoms with E-state index in [-0.39, 0.29) is 34.4 Å². The molecule has 5 aliphatic rings. The molecule has 1 spiro atoms. The van der Waals surface area contributed by atoms with Gasteiger partial charge in [0.25, 0.3) is 0 Å².